The van der Waals surface area contributed by atoms with Gasteiger partial charge in [-0.3, -0.25) is 4.79 Å². The number of aryl methyl sites for hydroxylation is 1. The summed E-state index contributed by atoms with van der Waals surface area (Å²) in [5, 5.41) is 11.2. The second-order valence-corrected chi connectivity index (χ2v) is 7.26. The number of hydrogen-bond acceptors (Lipinski definition) is 5. The molecule has 0 aliphatic rings. The Balaban J connectivity index is 1.57. The van der Waals surface area contributed by atoms with Crippen molar-refractivity contribution in [3.8, 4) is 11.5 Å². The molecule has 0 saturated heterocycles. The molecule has 122 valence electrons. The first kappa shape index (κ1) is 17.0. The van der Waals surface area contributed by atoms with E-state index in [1.54, 1.807) is 0 Å². The van der Waals surface area contributed by atoms with Crippen LogP contribution in [0.4, 0.5) is 5.69 Å². The third-order valence-corrected chi connectivity index (χ3v) is 4.63. The van der Waals surface area contributed by atoms with E-state index >= 15 is 0 Å². The van der Waals surface area contributed by atoms with Crippen molar-refractivity contribution in [1.82, 2.24) is 10.2 Å². The summed E-state index contributed by atoms with van der Waals surface area (Å²) in [6, 6.07) is 15.5. The summed E-state index contributed by atoms with van der Waals surface area (Å²) >= 11 is 3.42. The molecular weight excluding hydrogens is 437 g/mol. The minimum absolute atomic E-state index is 0.114. The fraction of sp³-hybridized carbons (Fsp3) is 0.118. The average molecular weight is 451 g/mol. The maximum atomic E-state index is 12.0. The monoisotopic (exact) mass is 451 g/mol. The SMILES string of the molecule is Cc1ccc(-c2nnc(SCC(=O)Nc3cccc(I)c3)o2)cc1. The standard InChI is InChI=1S/C17H14IN3O2S/c1-11-5-7-12(8-6-11)16-20-21-17(23-16)24-10-15(22)19-14-4-2-3-13(18)9-14/h2-9H,10H2,1H3,(H,19,22). The topological polar surface area (TPSA) is 68.0 Å². The number of amides is 1. The zero-order chi connectivity index (χ0) is 16.9. The second kappa shape index (κ2) is 7.80. The molecule has 1 heterocycles. The Kier molecular flexibility index (Phi) is 5.52. The summed E-state index contributed by atoms with van der Waals surface area (Å²) < 4.78 is 6.66. The van der Waals surface area contributed by atoms with Crippen LogP contribution in [0.3, 0.4) is 0 Å². The molecule has 0 atom stereocenters. The quantitative estimate of drug-likeness (QED) is 0.461. The molecule has 0 aliphatic heterocycles. The van der Waals surface area contributed by atoms with Gasteiger partial charge in [-0.2, -0.15) is 0 Å². The van der Waals surface area contributed by atoms with Gasteiger partial charge in [-0.25, -0.2) is 0 Å². The van der Waals surface area contributed by atoms with Gasteiger partial charge in [0, 0.05) is 14.8 Å². The summed E-state index contributed by atoms with van der Waals surface area (Å²) in [4.78, 5) is 12.0. The van der Waals surface area contributed by atoms with Crippen LogP contribution < -0.4 is 5.32 Å². The normalized spacial score (nSPS) is 10.6. The van der Waals surface area contributed by atoms with Crippen molar-refractivity contribution in [2.24, 2.45) is 0 Å². The molecule has 0 saturated carbocycles. The van der Waals surface area contributed by atoms with Gasteiger partial charge in [0.15, 0.2) is 0 Å². The minimum Gasteiger partial charge on any atom is -0.411 e. The number of nitrogens with one attached hydrogen (secondary N) is 1. The van der Waals surface area contributed by atoms with Gasteiger partial charge < -0.3 is 9.73 Å². The Labute approximate surface area is 157 Å². The molecule has 24 heavy (non-hydrogen) atoms. The van der Waals surface area contributed by atoms with Gasteiger partial charge in [0.2, 0.25) is 11.8 Å². The fourth-order valence-corrected chi connectivity index (χ4v) is 3.08. The van der Waals surface area contributed by atoms with Gasteiger partial charge >= 0.3 is 0 Å². The van der Waals surface area contributed by atoms with Crippen LogP contribution in [0, 0.1) is 10.5 Å². The molecule has 1 aromatic heterocycles. The van der Waals surface area contributed by atoms with Gasteiger partial charge in [0.25, 0.3) is 5.22 Å². The van der Waals surface area contributed by atoms with Gasteiger partial charge in [-0.1, -0.05) is 35.5 Å². The molecule has 7 heteroatoms. The number of aromatic nitrogens is 2. The molecule has 0 spiro atoms. The van der Waals surface area contributed by atoms with Crippen LogP contribution in [0.1, 0.15) is 5.56 Å². The van der Waals surface area contributed by atoms with Crippen molar-refractivity contribution >= 4 is 45.9 Å². The van der Waals surface area contributed by atoms with Crippen LogP contribution in [-0.2, 0) is 4.79 Å². The Bertz CT molecular complexity index is 849. The summed E-state index contributed by atoms with van der Waals surface area (Å²) in [6.07, 6.45) is 0. The predicted molar refractivity (Wildman–Crippen MR) is 103 cm³/mol. The maximum absolute atomic E-state index is 12.0. The zero-order valence-corrected chi connectivity index (χ0v) is 15.8. The third kappa shape index (κ3) is 4.57. The number of rotatable bonds is 5. The van der Waals surface area contributed by atoms with Crippen LogP contribution in [0.25, 0.3) is 11.5 Å². The minimum atomic E-state index is -0.114. The van der Waals surface area contributed by atoms with Crippen LogP contribution >= 0.6 is 34.4 Å². The van der Waals surface area contributed by atoms with Crippen molar-refractivity contribution in [3.05, 3.63) is 57.7 Å². The summed E-state index contributed by atoms with van der Waals surface area (Å²) in [5.41, 5.74) is 2.81. The smallest absolute Gasteiger partial charge is 0.277 e. The van der Waals surface area contributed by atoms with Crippen LogP contribution in [-0.4, -0.2) is 21.9 Å². The summed E-state index contributed by atoms with van der Waals surface area (Å²) in [6.45, 7) is 2.02. The number of carbonyl (C=O) groups is 1. The van der Waals surface area contributed by atoms with E-state index in [0.29, 0.717) is 11.1 Å². The highest BCUT2D eigenvalue weighted by Gasteiger charge is 2.11. The lowest BCUT2D eigenvalue weighted by atomic mass is 10.1. The van der Waals surface area contributed by atoms with E-state index in [2.05, 4.69) is 38.1 Å². The predicted octanol–water partition coefficient (Wildman–Crippen LogP) is 4.38. The highest BCUT2D eigenvalue weighted by molar-refractivity contribution is 14.1. The van der Waals surface area contributed by atoms with Crippen molar-refractivity contribution < 1.29 is 9.21 Å². The summed E-state index contributed by atoms with van der Waals surface area (Å²) in [7, 11) is 0. The molecule has 3 aromatic rings. The molecule has 0 bridgehead atoms. The van der Waals surface area contributed by atoms with Crippen molar-refractivity contribution in [3.63, 3.8) is 0 Å². The van der Waals surface area contributed by atoms with Crippen LogP contribution in [0.5, 0.6) is 0 Å². The molecular formula is C17H14IN3O2S. The average Bonchev–Trinajstić information content (AvgIpc) is 3.03. The van der Waals surface area contributed by atoms with Crippen LogP contribution in [0.15, 0.2) is 58.2 Å². The number of benzene rings is 2. The molecule has 1 amide bonds. The zero-order valence-electron chi connectivity index (χ0n) is 12.8. The van der Waals surface area contributed by atoms with Gasteiger partial charge in [0.1, 0.15) is 0 Å². The maximum Gasteiger partial charge on any atom is 0.277 e. The molecule has 3 rings (SSSR count). The first-order chi connectivity index (χ1) is 11.6. The molecule has 0 radical (unpaired) electrons. The lowest BCUT2D eigenvalue weighted by Crippen LogP contribution is -2.13. The fourth-order valence-electron chi connectivity index (χ4n) is 1.97. The number of halogens is 1. The molecule has 1 N–H and O–H groups in total. The number of thioether (sulfide) groups is 1. The van der Waals surface area contributed by atoms with Crippen molar-refractivity contribution in [2.75, 3.05) is 11.1 Å². The van der Waals surface area contributed by atoms with E-state index in [4.69, 9.17) is 4.42 Å². The first-order valence-corrected chi connectivity index (χ1v) is 9.25. The van der Waals surface area contributed by atoms with Crippen molar-refractivity contribution in [1.29, 1.82) is 0 Å². The van der Waals surface area contributed by atoms with E-state index in [0.717, 1.165) is 14.8 Å². The first-order valence-electron chi connectivity index (χ1n) is 7.19. The lowest BCUT2D eigenvalue weighted by molar-refractivity contribution is -0.113. The Morgan fingerprint density at radius 2 is 2.00 bits per heavy atom. The van der Waals surface area contributed by atoms with Gasteiger partial charge in [0.05, 0.1) is 5.75 Å². The molecule has 2 aromatic carbocycles. The number of hydrogen-bond donors (Lipinski definition) is 1. The van der Waals surface area contributed by atoms with E-state index in [1.807, 2.05) is 55.5 Å². The third-order valence-electron chi connectivity index (χ3n) is 3.14. The van der Waals surface area contributed by atoms with Gasteiger partial charge in [-0.05, 0) is 59.8 Å². The largest absolute Gasteiger partial charge is 0.411 e. The lowest BCUT2D eigenvalue weighted by Gasteiger charge is -2.04. The van der Waals surface area contributed by atoms with E-state index in [1.165, 1.54) is 17.3 Å². The molecule has 0 aliphatic carbocycles. The Morgan fingerprint density at radius 1 is 1.21 bits per heavy atom. The highest BCUT2D eigenvalue weighted by Crippen LogP contribution is 2.23. The number of anilines is 1. The van der Waals surface area contributed by atoms with E-state index in [-0.39, 0.29) is 11.7 Å². The highest BCUT2D eigenvalue weighted by atomic mass is 127. The van der Waals surface area contributed by atoms with E-state index < -0.39 is 0 Å². The van der Waals surface area contributed by atoms with E-state index in [9.17, 15) is 4.79 Å². The van der Waals surface area contributed by atoms with Crippen LogP contribution in [0.2, 0.25) is 0 Å². The second-order valence-electron chi connectivity index (χ2n) is 5.09. The molecule has 0 unspecified atom stereocenters. The molecule has 0 fully saturated rings. The Hall–Kier alpha value is -1.87. The van der Waals surface area contributed by atoms with Crippen molar-refractivity contribution in [2.45, 2.75) is 12.1 Å². The Morgan fingerprint density at radius 3 is 2.75 bits per heavy atom. The number of carbonyl (C=O) groups excluding carboxylic acids is 1. The summed E-state index contributed by atoms with van der Waals surface area (Å²) in [5.74, 6) is 0.550. The van der Waals surface area contributed by atoms with Gasteiger partial charge in [-0.15, -0.1) is 10.2 Å². The number of nitrogens with zero attached hydrogens (tertiary/aromatic N) is 2. The molecule has 5 nitrogen and oxygen atoms in total.